The molecule has 0 bridgehead atoms. The molecule has 0 atom stereocenters. The summed E-state index contributed by atoms with van der Waals surface area (Å²) in [4.78, 5) is 9.47. The molecule has 0 spiro atoms. The van der Waals surface area contributed by atoms with Gasteiger partial charge in [-0.3, -0.25) is 4.90 Å². The second-order valence-corrected chi connectivity index (χ2v) is 6.98. The second-order valence-electron chi connectivity index (χ2n) is 6.54. The fourth-order valence-electron chi connectivity index (χ4n) is 3.05. The van der Waals surface area contributed by atoms with E-state index in [1.807, 2.05) is 24.3 Å². The Morgan fingerprint density at radius 1 is 1.13 bits per heavy atom. The Balaban J connectivity index is 1.33. The fraction of sp³-hybridized carbons (Fsp3) is 0.529. The van der Waals surface area contributed by atoms with Gasteiger partial charge in [0, 0.05) is 43.3 Å². The summed E-state index contributed by atoms with van der Waals surface area (Å²) in [7, 11) is 0. The van der Waals surface area contributed by atoms with Gasteiger partial charge in [-0.15, -0.1) is 0 Å². The lowest BCUT2D eigenvalue weighted by atomic mass is 10.2. The van der Waals surface area contributed by atoms with Gasteiger partial charge in [0.25, 0.3) is 0 Å². The molecule has 23 heavy (non-hydrogen) atoms. The van der Waals surface area contributed by atoms with Crippen molar-refractivity contribution >= 4 is 11.6 Å². The summed E-state index contributed by atoms with van der Waals surface area (Å²) in [5.41, 5.74) is 0.891. The molecule has 6 heteroatoms. The number of rotatable bonds is 5. The van der Waals surface area contributed by atoms with Crippen LogP contribution in [0.5, 0.6) is 0 Å². The van der Waals surface area contributed by atoms with Crippen molar-refractivity contribution in [1.82, 2.24) is 19.9 Å². The Morgan fingerprint density at radius 2 is 1.91 bits per heavy atom. The summed E-state index contributed by atoms with van der Waals surface area (Å²) in [5, 5.41) is 4.75. The minimum absolute atomic E-state index is 0.606. The molecule has 5 nitrogen and oxygen atoms in total. The van der Waals surface area contributed by atoms with Crippen LogP contribution in [0.4, 0.5) is 0 Å². The summed E-state index contributed by atoms with van der Waals surface area (Å²) < 4.78 is 5.40. The minimum Gasteiger partial charge on any atom is -0.338 e. The van der Waals surface area contributed by atoms with Crippen LogP contribution in [0.15, 0.2) is 28.8 Å². The van der Waals surface area contributed by atoms with Crippen molar-refractivity contribution in [1.29, 1.82) is 0 Å². The highest BCUT2D eigenvalue weighted by atomic mass is 35.5. The topological polar surface area (TPSA) is 45.4 Å². The molecule has 1 aliphatic carbocycles. The lowest BCUT2D eigenvalue weighted by molar-refractivity contribution is 0.113. The molecule has 2 aliphatic rings. The lowest BCUT2D eigenvalue weighted by Crippen LogP contribution is -2.46. The Morgan fingerprint density at radius 3 is 2.65 bits per heavy atom. The van der Waals surface area contributed by atoms with E-state index in [-0.39, 0.29) is 0 Å². The number of nitrogens with zero attached hydrogens (tertiary/aromatic N) is 4. The molecule has 1 aliphatic heterocycles. The first kappa shape index (κ1) is 15.1. The highest BCUT2D eigenvalue weighted by Gasteiger charge is 2.26. The van der Waals surface area contributed by atoms with Gasteiger partial charge in [0.1, 0.15) is 0 Å². The van der Waals surface area contributed by atoms with Crippen LogP contribution in [-0.4, -0.2) is 52.7 Å². The number of hydrogen-bond donors (Lipinski definition) is 0. The summed E-state index contributed by atoms with van der Waals surface area (Å²) in [6.45, 7) is 6.44. The third-order valence-corrected chi connectivity index (χ3v) is 4.82. The van der Waals surface area contributed by atoms with Crippen LogP contribution in [0.25, 0.3) is 11.4 Å². The Kier molecular flexibility index (Phi) is 4.33. The quantitative estimate of drug-likeness (QED) is 0.842. The van der Waals surface area contributed by atoms with Gasteiger partial charge in [0.2, 0.25) is 11.7 Å². The van der Waals surface area contributed by atoms with E-state index >= 15 is 0 Å². The molecule has 0 N–H and O–H groups in total. The van der Waals surface area contributed by atoms with Crippen molar-refractivity contribution in [3.63, 3.8) is 0 Å². The van der Waals surface area contributed by atoms with Crippen molar-refractivity contribution in [2.24, 2.45) is 5.92 Å². The van der Waals surface area contributed by atoms with Gasteiger partial charge in [-0.05, 0) is 30.9 Å². The minimum atomic E-state index is 0.606. The standard InChI is InChI=1S/C17H21ClN4O/c18-15-3-1-2-14(10-15)17-19-16(23-20-17)12-22-8-6-21(7-9-22)11-13-4-5-13/h1-3,10,13H,4-9,11-12H2. The van der Waals surface area contributed by atoms with E-state index in [0.717, 1.165) is 44.2 Å². The molecular formula is C17H21ClN4O. The Bertz CT molecular complexity index is 662. The monoisotopic (exact) mass is 332 g/mol. The van der Waals surface area contributed by atoms with E-state index in [1.54, 1.807) is 0 Å². The number of piperazine rings is 1. The molecule has 1 saturated heterocycles. The molecule has 0 radical (unpaired) electrons. The van der Waals surface area contributed by atoms with Gasteiger partial charge in [0.15, 0.2) is 0 Å². The zero-order valence-electron chi connectivity index (χ0n) is 13.1. The maximum atomic E-state index is 6.01. The van der Waals surface area contributed by atoms with E-state index in [9.17, 15) is 0 Å². The molecule has 1 aromatic heterocycles. The van der Waals surface area contributed by atoms with Crippen molar-refractivity contribution in [2.75, 3.05) is 32.7 Å². The van der Waals surface area contributed by atoms with Crippen molar-refractivity contribution in [3.05, 3.63) is 35.2 Å². The highest BCUT2D eigenvalue weighted by Crippen LogP contribution is 2.30. The van der Waals surface area contributed by atoms with Crippen LogP contribution >= 0.6 is 11.6 Å². The third-order valence-electron chi connectivity index (χ3n) is 4.59. The van der Waals surface area contributed by atoms with Crippen LogP contribution in [0.1, 0.15) is 18.7 Å². The molecule has 1 saturated carbocycles. The summed E-state index contributed by atoms with van der Waals surface area (Å²) in [6.07, 6.45) is 2.85. The van der Waals surface area contributed by atoms with Gasteiger partial charge in [-0.25, -0.2) is 0 Å². The average Bonchev–Trinajstić information content (AvgIpc) is 3.25. The molecule has 2 heterocycles. The first-order chi connectivity index (χ1) is 11.3. The van der Waals surface area contributed by atoms with Gasteiger partial charge >= 0.3 is 0 Å². The maximum Gasteiger partial charge on any atom is 0.241 e. The van der Waals surface area contributed by atoms with Crippen molar-refractivity contribution in [2.45, 2.75) is 19.4 Å². The van der Waals surface area contributed by atoms with Crippen LogP contribution < -0.4 is 0 Å². The van der Waals surface area contributed by atoms with Crippen LogP contribution in [-0.2, 0) is 6.54 Å². The molecule has 1 aromatic carbocycles. The largest absolute Gasteiger partial charge is 0.338 e. The lowest BCUT2D eigenvalue weighted by Gasteiger charge is -2.33. The normalized spacial score (nSPS) is 20.0. The predicted octanol–water partition coefficient (Wildman–Crippen LogP) is 2.92. The summed E-state index contributed by atoms with van der Waals surface area (Å²) in [6, 6.07) is 7.53. The number of halogens is 1. The van der Waals surface area contributed by atoms with E-state index in [0.29, 0.717) is 16.7 Å². The smallest absolute Gasteiger partial charge is 0.241 e. The van der Waals surface area contributed by atoms with Crippen molar-refractivity contribution < 1.29 is 4.52 Å². The van der Waals surface area contributed by atoms with Crippen LogP contribution in [0.3, 0.4) is 0 Å². The molecule has 2 aromatic rings. The first-order valence-electron chi connectivity index (χ1n) is 8.29. The van der Waals surface area contributed by atoms with E-state index in [2.05, 4.69) is 19.9 Å². The number of aromatic nitrogens is 2. The van der Waals surface area contributed by atoms with Gasteiger partial charge in [-0.2, -0.15) is 4.98 Å². The third kappa shape index (κ3) is 3.91. The Hall–Kier alpha value is -1.43. The summed E-state index contributed by atoms with van der Waals surface area (Å²) >= 11 is 6.01. The number of hydrogen-bond acceptors (Lipinski definition) is 5. The highest BCUT2D eigenvalue weighted by molar-refractivity contribution is 6.30. The SMILES string of the molecule is Clc1cccc(-c2noc(CN3CCN(CC4CC4)CC3)n2)c1. The molecule has 122 valence electrons. The van der Waals surface area contributed by atoms with Gasteiger partial charge in [-0.1, -0.05) is 28.9 Å². The molecule has 4 rings (SSSR count). The van der Waals surface area contributed by atoms with Gasteiger partial charge in [0.05, 0.1) is 6.54 Å². The molecule has 0 unspecified atom stereocenters. The van der Waals surface area contributed by atoms with Crippen LogP contribution in [0.2, 0.25) is 5.02 Å². The predicted molar refractivity (Wildman–Crippen MR) is 89.2 cm³/mol. The molecule has 2 fully saturated rings. The zero-order chi connectivity index (χ0) is 15.6. The molecule has 0 amide bonds. The Labute approximate surface area is 141 Å². The zero-order valence-corrected chi connectivity index (χ0v) is 13.9. The molecular weight excluding hydrogens is 312 g/mol. The first-order valence-corrected chi connectivity index (χ1v) is 8.67. The van der Waals surface area contributed by atoms with E-state index in [4.69, 9.17) is 16.1 Å². The fourth-order valence-corrected chi connectivity index (χ4v) is 3.24. The van der Waals surface area contributed by atoms with E-state index < -0.39 is 0 Å². The second kappa shape index (κ2) is 6.59. The van der Waals surface area contributed by atoms with Crippen molar-refractivity contribution in [3.8, 4) is 11.4 Å². The van der Waals surface area contributed by atoms with Gasteiger partial charge < -0.3 is 9.42 Å². The summed E-state index contributed by atoms with van der Waals surface area (Å²) in [5.74, 6) is 2.25. The van der Waals surface area contributed by atoms with E-state index in [1.165, 1.54) is 19.4 Å². The average molecular weight is 333 g/mol. The maximum absolute atomic E-state index is 6.01. The van der Waals surface area contributed by atoms with Crippen LogP contribution in [0, 0.1) is 5.92 Å². The number of benzene rings is 1.